The molecule has 13 heavy (non-hydrogen) atoms. The Morgan fingerprint density at radius 1 is 1.38 bits per heavy atom. The summed E-state index contributed by atoms with van der Waals surface area (Å²) in [5.41, 5.74) is 1.44. The third-order valence-corrected chi connectivity index (χ3v) is 1.90. The van der Waals surface area contributed by atoms with Crippen molar-refractivity contribution in [2.24, 2.45) is 0 Å². The van der Waals surface area contributed by atoms with E-state index in [1.165, 1.54) is 0 Å². The van der Waals surface area contributed by atoms with E-state index in [0.29, 0.717) is 5.69 Å². The summed E-state index contributed by atoms with van der Waals surface area (Å²) in [5.74, 6) is 0.252. The van der Waals surface area contributed by atoms with Gasteiger partial charge in [-0.3, -0.25) is 4.98 Å². The Hall–Kier alpha value is -0.990. The summed E-state index contributed by atoms with van der Waals surface area (Å²) in [5, 5.41) is 0. The second kappa shape index (κ2) is 4.30. The zero-order chi connectivity index (χ0) is 9.84. The average Bonchev–Trinajstić information content (AvgIpc) is 2.03. The molecule has 72 valence electrons. The molecule has 0 spiro atoms. The number of hydrogen-bond acceptors (Lipinski definition) is 1. The number of pyridine rings is 1. The van der Waals surface area contributed by atoms with Crippen LogP contribution in [0.25, 0.3) is 0 Å². The SMILES string of the molecule is CC(C)c1cccnc1CC(F)F. The Kier molecular flexibility index (Phi) is 3.34. The lowest BCUT2D eigenvalue weighted by molar-refractivity contribution is 0.147. The highest BCUT2D eigenvalue weighted by Crippen LogP contribution is 2.19. The molecule has 0 aliphatic carbocycles. The summed E-state index contributed by atoms with van der Waals surface area (Å²) in [7, 11) is 0. The summed E-state index contributed by atoms with van der Waals surface area (Å²) in [4.78, 5) is 3.96. The van der Waals surface area contributed by atoms with Crippen molar-refractivity contribution in [2.75, 3.05) is 0 Å². The van der Waals surface area contributed by atoms with E-state index in [-0.39, 0.29) is 12.3 Å². The van der Waals surface area contributed by atoms with Gasteiger partial charge in [0.1, 0.15) is 0 Å². The highest BCUT2D eigenvalue weighted by Gasteiger charge is 2.11. The predicted octanol–water partition coefficient (Wildman–Crippen LogP) is 3.01. The van der Waals surface area contributed by atoms with Gasteiger partial charge in [0.25, 0.3) is 0 Å². The fraction of sp³-hybridized carbons (Fsp3) is 0.500. The molecular weight excluding hydrogens is 172 g/mol. The summed E-state index contributed by atoms with van der Waals surface area (Å²) in [6, 6.07) is 3.64. The molecule has 1 aromatic heterocycles. The van der Waals surface area contributed by atoms with E-state index in [2.05, 4.69) is 4.98 Å². The van der Waals surface area contributed by atoms with Crippen molar-refractivity contribution in [3.05, 3.63) is 29.6 Å². The quantitative estimate of drug-likeness (QED) is 0.705. The van der Waals surface area contributed by atoms with Crippen LogP contribution in [0.3, 0.4) is 0 Å². The predicted molar refractivity (Wildman–Crippen MR) is 48.0 cm³/mol. The van der Waals surface area contributed by atoms with E-state index in [9.17, 15) is 8.78 Å². The Labute approximate surface area is 76.8 Å². The summed E-state index contributed by atoms with van der Waals surface area (Å²) < 4.78 is 24.2. The van der Waals surface area contributed by atoms with Crippen LogP contribution in [0, 0.1) is 0 Å². The van der Waals surface area contributed by atoms with Crippen molar-refractivity contribution >= 4 is 0 Å². The van der Waals surface area contributed by atoms with Crippen molar-refractivity contribution in [3.8, 4) is 0 Å². The first-order valence-electron chi connectivity index (χ1n) is 4.33. The van der Waals surface area contributed by atoms with E-state index in [1.54, 1.807) is 12.3 Å². The van der Waals surface area contributed by atoms with E-state index < -0.39 is 6.43 Å². The highest BCUT2D eigenvalue weighted by atomic mass is 19.3. The van der Waals surface area contributed by atoms with Crippen molar-refractivity contribution in [2.45, 2.75) is 32.6 Å². The molecule has 0 saturated heterocycles. The number of nitrogens with zero attached hydrogens (tertiary/aromatic N) is 1. The minimum atomic E-state index is -2.31. The Balaban J connectivity index is 2.91. The molecule has 0 aliphatic rings. The molecule has 3 heteroatoms. The molecule has 0 amide bonds. The third-order valence-electron chi connectivity index (χ3n) is 1.90. The van der Waals surface area contributed by atoms with Crippen LogP contribution in [0.15, 0.2) is 18.3 Å². The molecule has 1 nitrogen and oxygen atoms in total. The Morgan fingerprint density at radius 2 is 2.08 bits per heavy atom. The summed E-state index contributed by atoms with van der Waals surface area (Å²) in [6.07, 6.45) is -0.995. The number of hydrogen-bond donors (Lipinski definition) is 0. The number of rotatable bonds is 3. The standard InChI is InChI=1S/C10H13F2N/c1-7(2)8-4-3-5-13-9(8)6-10(11)12/h3-5,7,10H,6H2,1-2H3. The Bertz CT molecular complexity index is 271. The van der Waals surface area contributed by atoms with Crippen LogP contribution in [-0.2, 0) is 6.42 Å². The highest BCUT2D eigenvalue weighted by molar-refractivity contribution is 5.23. The Morgan fingerprint density at radius 3 is 2.62 bits per heavy atom. The molecule has 0 unspecified atom stereocenters. The number of alkyl halides is 2. The molecule has 0 fully saturated rings. The fourth-order valence-corrected chi connectivity index (χ4v) is 1.29. The zero-order valence-corrected chi connectivity index (χ0v) is 7.80. The van der Waals surface area contributed by atoms with E-state index >= 15 is 0 Å². The first kappa shape index (κ1) is 10.1. The van der Waals surface area contributed by atoms with E-state index in [0.717, 1.165) is 5.56 Å². The minimum Gasteiger partial charge on any atom is -0.261 e. The maximum Gasteiger partial charge on any atom is 0.244 e. The first-order chi connectivity index (χ1) is 6.11. The van der Waals surface area contributed by atoms with Gasteiger partial charge >= 0.3 is 0 Å². The van der Waals surface area contributed by atoms with Crippen molar-refractivity contribution < 1.29 is 8.78 Å². The number of aromatic nitrogens is 1. The van der Waals surface area contributed by atoms with Crippen LogP contribution in [-0.4, -0.2) is 11.4 Å². The van der Waals surface area contributed by atoms with Gasteiger partial charge in [-0.1, -0.05) is 19.9 Å². The van der Waals surface area contributed by atoms with Gasteiger partial charge < -0.3 is 0 Å². The van der Waals surface area contributed by atoms with Crippen molar-refractivity contribution in [1.29, 1.82) is 0 Å². The second-order valence-electron chi connectivity index (χ2n) is 3.29. The number of halogens is 2. The largest absolute Gasteiger partial charge is 0.261 e. The maximum atomic E-state index is 12.1. The molecule has 0 N–H and O–H groups in total. The van der Waals surface area contributed by atoms with E-state index in [4.69, 9.17) is 0 Å². The van der Waals surface area contributed by atoms with Crippen molar-refractivity contribution in [3.63, 3.8) is 0 Å². The monoisotopic (exact) mass is 185 g/mol. The minimum absolute atomic E-state index is 0.242. The molecule has 0 atom stereocenters. The van der Waals surface area contributed by atoms with Gasteiger partial charge in [-0.15, -0.1) is 0 Å². The van der Waals surface area contributed by atoms with Crippen LogP contribution in [0.1, 0.15) is 31.0 Å². The van der Waals surface area contributed by atoms with Crippen molar-refractivity contribution in [1.82, 2.24) is 4.98 Å². The van der Waals surface area contributed by atoms with Crippen LogP contribution in [0.2, 0.25) is 0 Å². The second-order valence-corrected chi connectivity index (χ2v) is 3.29. The third kappa shape index (κ3) is 2.76. The lowest BCUT2D eigenvalue weighted by atomic mass is 10.0. The first-order valence-corrected chi connectivity index (χ1v) is 4.33. The van der Waals surface area contributed by atoms with Crippen LogP contribution >= 0.6 is 0 Å². The zero-order valence-electron chi connectivity index (χ0n) is 7.80. The van der Waals surface area contributed by atoms with Crippen LogP contribution < -0.4 is 0 Å². The molecule has 0 saturated carbocycles. The van der Waals surface area contributed by atoms with Gasteiger partial charge in [0.2, 0.25) is 6.43 Å². The van der Waals surface area contributed by atoms with E-state index in [1.807, 2.05) is 19.9 Å². The van der Waals surface area contributed by atoms with Gasteiger partial charge in [-0.05, 0) is 17.5 Å². The summed E-state index contributed by atoms with van der Waals surface area (Å²) in [6.45, 7) is 3.96. The van der Waals surface area contributed by atoms with Crippen LogP contribution in [0.5, 0.6) is 0 Å². The molecule has 1 aromatic rings. The lowest BCUT2D eigenvalue weighted by Crippen LogP contribution is -2.04. The molecule has 0 bridgehead atoms. The lowest BCUT2D eigenvalue weighted by Gasteiger charge is -2.10. The molecule has 1 heterocycles. The molecule has 0 radical (unpaired) electrons. The van der Waals surface area contributed by atoms with Gasteiger partial charge in [-0.2, -0.15) is 0 Å². The van der Waals surface area contributed by atoms with Gasteiger partial charge in [0.05, 0.1) is 6.42 Å². The van der Waals surface area contributed by atoms with Gasteiger partial charge in [0.15, 0.2) is 0 Å². The topological polar surface area (TPSA) is 12.9 Å². The normalized spacial score (nSPS) is 11.2. The molecule has 1 rings (SSSR count). The van der Waals surface area contributed by atoms with Crippen LogP contribution in [0.4, 0.5) is 8.78 Å². The maximum absolute atomic E-state index is 12.1. The summed E-state index contributed by atoms with van der Waals surface area (Å²) >= 11 is 0. The fourth-order valence-electron chi connectivity index (χ4n) is 1.29. The molecule has 0 aromatic carbocycles. The smallest absolute Gasteiger partial charge is 0.244 e. The van der Waals surface area contributed by atoms with Gasteiger partial charge in [-0.25, -0.2) is 8.78 Å². The average molecular weight is 185 g/mol. The molecular formula is C10H13F2N. The molecule has 0 aliphatic heterocycles. The van der Waals surface area contributed by atoms with Gasteiger partial charge in [0, 0.05) is 11.9 Å².